The summed E-state index contributed by atoms with van der Waals surface area (Å²) in [5, 5.41) is 21.5. The molecule has 0 amide bonds. The van der Waals surface area contributed by atoms with Crippen molar-refractivity contribution in [3.63, 3.8) is 0 Å². The van der Waals surface area contributed by atoms with Crippen molar-refractivity contribution in [3.05, 3.63) is 0 Å². The molecule has 0 saturated heterocycles. The van der Waals surface area contributed by atoms with Crippen LogP contribution < -0.4 is 5.11 Å². The molecule has 0 heterocycles. The van der Waals surface area contributed by atoms with Gasteiger partial charge in [0.1, 0.15) is 12.6 Å². The largest absolute Gasteiger partial charge is 0.550 e. The Morgan fingerprint density at radius 3 is 1.75 bits per heavy atom. The predicted molar refractivity (Wildman–Crippen MR) is 117 cm³/mol. The van der Waals surface area contributed by atoms with Crippen molar-refractivity contribution in [2.45, 2.75) is 117 Å². The van der Waals surface area contributed by atoms with E-state index in [1.165, 1.54) is 70.6 Å². The van der Waals surface area contributed by atoms with E-state index in [9.17, 15) is 15.0 Å². The third-order valence-corrected chi connectivity index (χ3v) is 5.99. The van der Waals surface area contributed by atoms with Gasteiger partial charge in [-0.2, -0.15) is 0 Å². The van der Waals surface area contributed by atoms with Gasteiger partial charge in [-0.25, -0.2) is 0 Å². The van der Waals surface area contributed by atoms with E-state index >= 15 is 0 Å². The first kappa shape index (κ1) is 27.4. The van der Waals surface area contributed by atoms with Crippen molar-refractivity contribution in [3.8, 4) is 0 Å². The van der Waals surface area contributed by atoms with Crippen LogP contribution in [0.25, 0.3) is 0 Å². The van der Waals surface area contributed by atoms with Gasteiger partial charge >= 0.3 is 0 Å². The fourth-order valence-electron chi connectivity index (χ4n) is 3.66. The molecule has 168 valence electrons. The van der Waals surface area contributed by atoms with Gasteiger partial charge in [-0.1, -0.05) is 97.8 Å². The number of carbonyl (C=O) groups is 1. The highest BCUT2D eigenvalue weighted by atomic mass is 16.4. The van der Waals surface area contributed by atoms with Crippen LogP contribution in [-0.2, 0) is 4.79 Å². The van der Waals surface area contributed by atoms with Crippen molar-refractivity contribution < 1.29 is 19.5 Å². The third kappa shape index (κ3) is 15.3. The van der Waals surface area contributed by atoms with Crippen molar-refractivity contribution >= 4 is 5.97 Å². The Labute approximate surface area is 175 Å². The maximum atomic E-state index is 11.1. The molecule has 0 radical (unpaired) electrons. The first-order chi connectivity index (χ1) is 13.1. The van der Waals surface area contributed by atoms with Crippen LogP contribution in [0.3, 0.4) is 0 Å². The van der Waals surface area contributed by atoms with Gasteiger partial charge < -0.3 is 19.5 Å². The zero-order valence-corrected chi connectivity index (χ0v) is 19.6. The zero-order valence-electron chi connectivity index (χ0n) is 19.6. The van der Waals surface area contributed by atoms with Gasteiger partial charge in [0.25, 0.3) is 0 Å². The first-order valence-electron chi connectivity index (χ1n) is 11.8. The van der Waals surface area contributed by atoms with Gasteiger partial charge in [-0.15, -0.1) is 0 Å². The van der Waals surface area contributed by atoms with Crippen LogP contribution in [0.1, 0.15) is 111 Å². The van der Waals surface area contributed by atoms with Crippen LogP contribution in [0, 0.1) is 5.41 Å². The monoisotopic (exact) mass is 399 g/mol. The molecule has 0 aliphatic rings. The number of unbranched alkanes of at least 4 members (excludes halogenated alkanes) is 11. The Bertz CT molecular complexity index is 393. The first-order valence-corrected chi connectivity index (χ1v) is 11.8. The number of hydrogen-bond acceptors (Lipinski definition) is 3. The van der Waals surface area contributed by atoms with E-state index < -0.39 is 11.4 Å². The Kier molecular flexibility index (Phi) is 14.9. The molecule has 1 N–H and O–H groups in total. The number of likely N-dealkylation sites (N-methyl/N-ethyl adjacent to an activating group) is 1. The molecule has 28 heavy (non-hydrogen) atoms. The second kappa shape index (κ2) is 15.3. The van der Waals surface area contributed by atoms with Crippen LogP contribution in [0.2, 0.25) is 0 Å². The molecule has 0 saturated carbocycles. The minimum absolute atomic E-state index is 0.302. The summed E-state index contributed by atoms with van der Waals surface area (Å²) in [5.41, 5.74) is -0.810. The van der Waals surface area contributed by atoms with Gasteiger partial charge in [0.2, 0.25) is 0 Å². The van der Waals surface area contributed by atoms with Crippen LogP contribution in [0.4, 0.5) is 0 Å². The van der Waals surface area contributed by atoms with Crippen LogP contribution in [0.15, 0.2) is 0 Å². The van der Waals surface area contributed by atoms with Gasteiger partial charge in [-0.05, 0) is 6.42 Å². The Hall–Kier alpha value is -0.610. The molecular formula is C24H49NO3. The summed E-state index contributed by atoms with van der Waals surface area (Å²) in [6, 6.07) is 0. The lowest BCUT2D eigenvalue weighted by atomic mass is 9.89. The average molecular weight is 400 g/mol. The maximum Gasteiger partial charge on any atom is 0.105 e. The molecule has 1 unspecified atom stereocenters. The van der Waals surface area contributed by atoms with E-state index in [0.29, 0.717) is 17.4 Å². The molecule has 4 heteroatoms. The zero-order chi connectivity index (χ0) is 21.5. The van der Waals surface area contributed by atoms with E-state index in [-0.39, 0.29) is 6.10 Å². The number of carboxylic acid groups (broad SMARTS) is 1. The van der Waals surface area contributed by atoms with Crippen molar-refractivity contribution in [1.82, 2.24) is 0 Å². The molecule has 0 aromatic rings. The van der Waals surface area contributed by atoms with Crippen molar-refractivity contribution in [2.75, 3.05) is 27.2 Å². The average Bonchev–Trinajstić information content (AvgIpc) is 2.60. The molecule has 1 atom stereocenters. The molecule has 0 aromatic heterocycles. The number of aliphatic hydroxyl groups is 1. The molecule has 0 spiro atoms. The number of nitrogens with zero attached hydrogens (tertiary/aromatic N) is 1. The summed E-state index contributed by atoms with van der Waals surface area (Å²) < 4.78 is 0.649. The summed E-state index contributed by atoms with van der Waals surface area (Å²) in [6.45, 7) is 7.11. The fraction of sp³-hybridized carbons (Fsp3) is 0.958. The quantitative estimate of drug-likeness (QED) is 0.253. The summed E-state index contributed by atoms with van der Waals surface area (Å²) in [4.78, 5) is 11.1. The van der Waals surface area contributed by atoms with Gasteiger partial charge in [0, 0.05) is 17.8 Å². The lowest BCUT2D eigenvalue weighted by Gasteiger charge is -2.35. The van der Waals surface area contributed by atoms with E-state index in [1.807, 2.05) is 0 Å². The van der Waals surface area contributed by atoms with Gasteiger partial charge in [0.05, 0.1) is 20.6 Å². The van der Waals surface area contributed by atoms with E-state index in [4.69, 9.17) is 0 Å². The summed E-state index contributed by atoms with van der Waals surface area (Å²) in [5.74, 6) is -0.996. The highest BCUT2D eigenvalue weighted by Gasteiger charge is 2.26. The number of carbonyl (C=O) groups excluding carboxylic acids is 1. The molecule has 0 rings (SSSR count). The molecule has 0 aliphatic heterocycles. The normalized spacial score (nSPS) is 13.6. The molecule has 0 fully saturated rings. The standard InChI is InChI=1S/C24H49NO3/c1-6-7-8-9-10-11-12-13-14-15-16-17-18-22(26)21-25(4,5)20-19-24(2,3)23(27)28/h22,26H,6-21H2,1-5H3. The summed E-state index contributed by atoms with van der Waals surface area (Å²) in [6.07, 6.45) is 17.1. The highest BCUT2D eigenvalue weighted by molar-refractivity contribution is 5.71. The summed E-state index contributed by atoms with van der Waals surface area (Å²) in [7, 11) is 4.13. The Morgan fingerprint density at radius 1 is 0.893 bits per heavy atom. The fourth-order valence-corrected chi connectivity index (χ4v) is 3.66. The van der Waals surface area contributed by atoms with E-state index in [2.05, 4.69) is 21.0 Å². The number of hydrogen-bond donors (Lipinski definition) is 1. The third-order valence-electron chi connectivity index (χ3n) is 5.99. The smallest absolute Gasteiger partial charge is 0.105 e. The minimum atomic E-state index is -0.996. The molecule has 0 aliphatic carbocycles. The van der Waals surface area contributed by atoms with Crippen molar-refractivity contribution in [2.24, 2.45) is 5.41 Å². The summed E-state index contributed by atoms with van der Waals surface area (Å²) >= 11 is 0. The SMILES string of the molecule is CCCCCCCCCCCCCCC(O)C[N+](C)(C)CCC(C)(C)C(=O)[O-]. The van der Waals surface area contributed by atoms with E-state index in [1.54, 1.807) is 13.8 Å². The van der Waals surface area contributed by atoms with Crippen LogP contribution >= 0.6 is 0 Å². The van der Waals surface area contributed by atoms with Crippen molar-refractivity contribution in [1.29, 1.82) is 0 Å². The van der Waals surface area contributed by atoms with Crippen LogP contribution in [0.5, 0.6) is 0 Å². The maximum absolute atomic E-state index is 11.1. The predicted octanol–water partition coefficient (Wildman–Crippen LogP) is 4.68. The van der Waals surface area contributed by atoms with Gasteiger partial charge in [-0.3, -0.25) is 0 Å². The molecule has 0 bridgehead atoms. The highest BCUT2D eigenvalue weighted by Crippen LogP contribution is 2.21. The van der Waals surface area contributed by atoms with Gasteiger partial charge in [0.15, 0.2) is 0 Å². The number of carboxylic acids is 1. The lowest BCUT2D eigenvalue weighted by molar-refractivity contribution is -0.894. The number of aliphatic carboxylic acids is 1. The topological polar surface area (TPSA) is 60.4 Å². The second-order valence-electron chi connectivity index (χ2n) is 10.1. The number of quaternary nitrogens is 1. The van der Waals surface area contributed by atoms with E-state index in [0.717, 1.165) is 19.4 Å². The second-order valence-corrected chi connectivity index (χ2v) is 10.1. The number of rotatable bonds is 19. The minimum Gasteiger partial charge on any atom is -0.550 e. The lowest BCUT2D eigenvalue weighted by Crippen LogP contribution is -2.49. The Balaban J connectivity index is 3.65. The molecule has 4 nitrogen and oxygen atoms in total. The van der Waals surface area contributed by atoms with Crippen LogP contribution in [-0.4, -0.2) is 48.8 Å². The Morgan fingerprint density at radius 2 is 1.32 bits per heavy atom. The molecule has 0 aromatic carbocycles. The number of aliphatic hydroxyl groups excluding tert-OH is 1. The molecular weight excluding hydrogens is 350 g/mol.